The van der Waals surface area contributed by atoms with E-state index in [4.69, 9.17) is 14.1 Å². The lowest BCUT2D eigenvalue weighted by Gasteiger charge is -2.30. The van der Waals surface area contributed by atoms with E-state index in [1.165, 1.54) is 50.2 Å². The van der Waals surface area contributed by atoms with Gasteiger partial charge in [-0.3, -0.25) is 4.57 Å². The van der Waals surface area contributed by atoms with Gasteiger partial charge in [-0.05, 0) is 135 Å². The highest BCUT2D eigenvalue weighted by Crippen LogP contribution is 2.52. The topological polar surface area (TPSA) is 46.7 Å². The number of benzene rings is 9. The highest BCUT2D eigenvalue weighted by molar-refractivity contribution is 6.24. The minimum Gasteiger partial charge on any atom is -0.457 e. The van der Waals surface area contributed by atoms with Gasteiger partial charge in [-0.15, -0.1) is 0 Å². The number of aryl methyl sites for hydroxylation is 1. The fourth-order valence-corrected chi connectivity index (χ4v) is 11.7. The Hall–Kier alpha value is -8.87. The zero-order valence-electron chi connectivity index (χ0n) is 46.9. The molecule has 0 saturated heterocycles. The summed E-state index contributed by atoms with van der Waals surface area (Å²) in [5, 5.41) is 4.29. The van der Waals surface area contributed by atoms with E-state index in [2.05, 4.69) is 284 Å². The molecule has 0 unspecified atom stereocenters. The molecule has 1 aliphatic rings. The van der Waals surface area contributed by atoms with Crippen molar-refractivity contribution in [2.24, 2.45) is 0 Å². The number of furan rings is 1. The molecule has 12 aromatic rings. The minimum atomic E-state index is -0.0683. The average molecular weight is 1030 g/mol. The number of para-hydroxylation sites is 3. The molecule has 79 heavy (non-hydrogen) atoms. The Morgan fingerprint density at radius 1 is 0.456 bits per heavy atom. The van der Waals surface area contributed by atoms with Crippen LogP contribution in [-0.2, 0) is 16.2 Å². The molecule has 0 atom stereocenters. The standard InChI is InChI=1S/C73H66N4O2/c1-46-36-67(74-44-61(46)49-37-50(71(2,3)4)39-51(38-49)72(5,6)7)77-64-35-34-57-56-28-17-20-31-66(56)79-70(57)68(64)58-33-32-55(43-65(58)77)78-54-27-21-26-53(42-54)75-45-76(63-30-19-18-29-62(63)75)69-59(47-22-13-11-14-23-47)40-52(73(8,9)10)41-60(69)48-24-15-12-16-25-48/h11-44H,45H2,1-10H3. The van der Waals surface area contributed by atoms with Crippen LogP contribution in [0, 0.1) is 6.92 Å². The Morgan fingerprint density at radius 3 is 1.68 bits per heavy atom. The molecule has 0 radical (unpaired) electrons. The number of anilines is 4. The second-order valence-electron chi connectivity index (χ2n) is 24.6. The summed E-state index contributed by atoms with van der Waals surface area (Å²) in [6.07, 6.45) is 2.06. The first kappa shape index (κ1) is 49.7. The van der Waals surface area contributed by atoms with Gasteiger partial charge in [0.05, 0.1) is 33.5 Å². The summed E-state index contributed by atoms with van der Waals surface area (Å²) in [4.78, 5) is 10.2. The third kappa shape index (κ3) is 8.80. The monoisotopic (exact) mass is 1030 g/mol. The summed E-state index contributed by atoms with van der Waals surface area (Å²) < 4.78 is 16.0. The number of hydrogen-bond acceptors (Lipinski definition) is 5. The molecule has 0 aliphatic carbocycles. The molecule has 1 aliphatic heterocycles. The summed E-state index contributed by atoms with van der Waals surface area (Å²) >= 11 is 0. The molecule has 0 fully saturated rings. The van der Waals surface area contributed by atoms with Crippen LogP contribution in [0.15, 0.2) is 211 Å². The third-order valence-electron chi connectivity index (χ3n) is 16.1. The molecule has 4 heterocycles. The van der Waals surface area contributed by atoms with Crippen molar-refractivity contribution in [1.82, 2.24) is 9.55 Å². The van der Waals surface area contributed by atoms with Crippen molar-refractivity contribution in [1.29, 1.82) is 0 Å². The van der Waals surface area contributed by atoms with E-state index >= 15 is 0 Å². The maximum Gasteiger partial charge on any atom is 0.145 e. The van der Waals surface area contributed by atoms with Gasteiger partial charge in [0, 0.05) is 56.9 Å². The molecule has 0 amide bonds. The summed E-state index contributed by atoms with van der Waals surface area (Å²) in [5.41, 5.74) is 20.3. The van der Waals surface area contributed by atoms with Crippen molar-refractivity contribution < 1.29 is 9.15 Å². The summed E-state index contributed by atoms with van der Waals surface area (Å²) in [7, 11) is 0. The van der Waals surface area contributed by atoms with Crippen LogP contribution in [0.25, 0.3) is 82.9 Å². The van der Waals surface area contributed by atoms with E-state index in [0.717, 1.165) is 89.3 Å². The lowest BCUT2D eigenvalue weighted by atomic mass is 9.79. The van der Waals surface area contributed by atoms with Crippen molar-refractivity contribution in [3.05, 3.63) is 229 Å². The van der Waals surface area contributed by atoms with Gasteiger partial charge in [0.2, 0.25) is 0 Å². The van der Waals surface area contributed by atoms with Crippen LogP contribution in [0.1, 0.15) is 84.6 Å². The lowest BCUT2D eigenvalue weighted by molar-refractivity contribution is 0.483. The van der Waals surface area contributed by atoms with Crippen LogP contribution in [0.2, 0.25) is 0 Å². The van der Waals surface area contributed by atoms with Crippen molar-refractivity contribution in [2.45, 2.75) is 85.5 Å². The van der Waals surface area contributed by atoms with Gasteiger partial charge in [-0.25, -0.2) is 4.98 Å². The summed E-state index contributed by atoms with van der Waals surface area (Å²) in [5.74, 6) is 2.29. The number of rotatable bonds is 8. The largest absolute Gasteiger partial charge is 0.457 e. The number of hydrogen-bond donors (Lipinski definition) is 0. The van der Waals surface area contributed by atoms with E-state index in [-0.39, 0.29) is 16.2 Å². The molecule has 0 N–H and O–H groups in total. The van der Waals surface area contributed by atoms with Crippen LogP contribution in [0.3, 0.4) is 0 Å². The molecule has 0 bridgehead atoms. The first-order valence-electron chi connectivity index (χ1n) is 27.7. The van der Waals surface area contributed by atoms with Crippen LogP contribution in [0.5, 0.6) is 11.5 Å². The average Bonchev–Trinajstić information content (AvgIpc) is 4.23. The van der Waals surface area contributed by atoms with Crippen LogP contribution < -0.4 is 14.5 Å². The second-order valence-corrected chi connectivity index (χ2v) is 24.6. The number of aromatic nitrogens is 2. The van der Waals surface area contributed by atoms with E-state index in [1.54, 1.807) is 0 Å². The quantitative estimate of drug-likeness (QED) is 0.152. The van der Waals surface area contributed by atoms with Crippen LogP contribution in [-0.4, -0.2) is 16.2 Å². The molecule has 390 valence electrons. The highest BCUT2D eigenvalue weighted by Gasteiger charge is 2.33. The Morgan fingerprint density at radius 2 is 1.04 bits per heavy atom. The first-order valence-corrected chi connectivity index (χ1v) is 27.7. The highest BCUT2D eigenvalue weighted by atomic mass is 16.5. The van der Waals surface area contributed by atoms with Gasteiger partial charge < -0.3 is 19.0 Å². The molecular formula is C73H66N4O2. The molecule has 6 nitrogen and oxygen atoms in total. The van der Waals surface area contributed by atoms with E-state index in [9.17, 15) is 0 Å². The zero-order valence-corrected chi connectivity index (χ0v) is 46.9. The Labute approximate surface area is 464 Å². The van der Waals surface area contributed by atoms with Crippen molar-refractivity contribution in [2.75, 3.05) is 16.5 Å². The number of fused-ring (bicyclic) bond motifs is 8. The SMILES string of the molecule is Cc1cc(-n2c3cc(Oc4cccc(N5CN(c6c(-c7ccccc7)cc(C(C)(C)C)cc6-c6ccccc6)c6ccccc65)c4)ccc3c3c4oc5ccccc5c4ccc32)ncc1-c1cc(C(C)(C)C)cc(C(C)(C)C)c1. The molecular weight excluding hydrogens is 965 g/mol. The zero-order chi connectivity index (χ0) is 54.5. The van der Waals surface area contributed by atoms with Gasteiger partial charge in [-0.2, -0.15) is 0 Å². The second kappa shape index (κ2) is 18.7. The minimum absolute atomic E-state index is 0.00999. The van der Waals surface area contributed by atoms with E-state index < -0.39 is 0 Å². The number of pyridine rings is 1. The Bertz CT molecular complexity index is 4240. The van der Waals surface area contributed by atoms with Gasteiger partial charge >= 0.3 is 0 Å². The Balaban J connectivity index is 0.911. The predicted octanol–water partition coefficient (Wildman–Crippen LogP) is 20.3. The van der Waals surface area contributed by atoms with Crippen LogP contribution in [0.4, 0.5) is 22.7 Å². The third-order valence-corrected chi connectivity index (χ3v) is 16.1. The van der Waals surface area contributed by atoms with Gasteiger partial charge in [0.25, 0.3) is 0 Å². The van der Waals surface area contributed by atoms with E-state index in [1.807, 2.05) is 6.07 Å². The molecule has 13 rings (SSSR count). The normalized spacial score (nSPS) is 13.1. The molecule has 0 saturated carbocycles. The maximum absolute atomic E-state index is 6.99. The molecule has 9 aromatic carbocycles. The molecule has 3 aromatic heterocycles. The van der Waals surface area contributed by atoms with Crippen LogP contribution >= 0.6 is 0 Å². The van der Waals surface area contributed by atoms with Crippen molar-refractivity contribution in [3.63, 3.8) is 0 Å². The van der Waals surface area contributed by atoms with Gasteiger partial charge in [0.15, 0.2) is 0 Å². The maximum atomic E-state index is 6.99. The predicted molar refractivity (Wildman–Crippen MR) is 332 cm³/mol. The van der Waals surface area contributed by atoms with Gasteiger partial charge in [-0.1, -0.05) is 178 Å². The first-order chi connectivity index (χ1) is 38.0. The smallest absolute Gasteiger partial charge is 0.145 e. The lowest BCUT2D eigenvalue weighted by Crippen LogP contribution is -2.25. The van der Waals surface area contributed by atoms with E-state index in [0.29, 0.717) is 6.67 Å². The fraction of sp³-hybridized carbons (Fsp3) is 0.192. The van der Waals surface area contributed by atoms with Gasteiger partial charge in [0.1, 0.15) is 35.2 Å². The number of ether oxygens (including phenoxy) is 1. The van der Waals surface area contributed by atoms with Crippen molar-refractivity contribution >= 4 is 66.5 Å². The Kier molecular flexibility index (Phi) is 11.7. The molecule has 0 spiro atoms. The molecule has 6 heteroatoms. The van der Waals surface area contributed by atoms with Crippen molar-refractivity contribution in [3.8, 4) is 50.7 Å². The fourth-order valence-electron chi connectivity index (χ4n) is 11.7. The number of nitrogens with zero attached hydrogens (tertiary/aromatic N) is 4. The summed E-state index contributed by atoms with van der Waals surface area (Å²) in [6.45, 7) is 23.5. The summed E-state index contributed by atoms with van der Waals surface area (Å²) in [6, 6.07) is 72.3.